The molecule has 8 heteroatoms. The van der Waals surface area contributed by atoms with Gasteiger partial charge in [-0.05, 0) is 43.4 Å². The summed E-state index contributed by atoms with van der Waals surface area (Å²) in [6.07, 6.45) is 4.55. The highest BCUT2D eigenvalue weighted by Gasteiger charge is 2.17. The minimum atomic E-state index is -2.19. The number of amides is 1. The SMILES string of the molecule is CCC(=O)N(CCN1CCCCC1)c1cccs1.O=C([O-])C(=O)[O-]. The first kappa shape index (κ1) is 20.1. The average Bonchev–Trinajstić information content (AvgIpc) is 3.10. The number of likely N-dealkylation sites (tertiary alicyclic amines) is 1. The van der Waals surface area contributed by atoms with Gasteiger partial charge < -0.3 is 29.6 Å². The van der Waals surface area contributed by atoms with Crippen molar-refractivity contribution in [3.05, 3.63) is 17.5 Å². The average molecular weight is 354 g/mol. The Bertz CT molecular complexity index is 515. The zero-order valence-electron chi connectivity index (χ0n) is 13.7. The molecule has 1 fully saturated rings. The fraction of sp³-hybridized carbons (Fsp3) is 0.562. The van der Waals surface area contributed by atoms with Crippen LogP contribution >= 0.6 is 11.3 Å². The lowest BCUT2D eigenvalue weighted by Crippen LogP contribution is -2.42. The Kier molecular flexibility index (Phi) is 9.03. The van der Waals surface area contributed by atoms with Crippen LogP contribution in [-0.2, 0) is 14.4 Å². The fourth-order valence-corrected chi connectivity index (χ4v) is 3.17. The van der Waals surface area contributed by atoms with Gasteiger partial charge in [0.15, 0.2) is 0 Å². The third kappa shape index (κ3) is 7.10. The first-order valence-electron chi connectivity index (χ1n) is 7.94. The topological polar surface area (TPSA) is 104 Å². The molecule has 0 aromatic carbocycles. The quantitative estimate of drug-likeness (QED) is 0.658. The molecule has 0 unspecified atom stereocenters. The summed E-state index contributed by atoms with van der Waals surface area (Å²) in [4.78, 5) is 34.3. The van der Waals surface area contributed by atoms with Crippen LogP contribution in [0.1, 0.15) is 32.6 Å². The molecule has 1 aliphatic rings. The summed E-state index contributed by atoms with van der Waals surface area (Å²) in [5.41, 5.74) is 0. The maximum absolute atomic E-state index is 12.0. The number of carboxylic acids is 2. The summed E-state index contributed by atoms with van der Waals surface area (Å²) >= 11 is 1.65. The molecule has 0 spiro atoms. The highest BCUT2D eigenvalue weighted by atomic mass is 32.1. The molecule has 0 bridgehead atoms. The molecule has 1 aliphatic heterocycles. The minimum Gasteiger partial charge on any atom is -0.543 e. The van der Waals surface area contributed by atoms with Gasteiger partial charge in [-0.3, -0.25) is 4.79 Å². The van der Waals surface area contributed by atoms with Crippen molar-refractivity contribution in [2.45, 2.75) is 32.6 Å². The lowest BCUT2D eigenvalue weighted by molar-refractivity contribution is -0.345. The van der Waals surface area contributed by atoms with Gasteiger partial charge in [0.25, 0.3) is 0 Å². The van der Waals surface area contributed by atoms with Crippen LogP contribution in [0.5, 0.6) is 0 Å². The van der Waals surface area contributed by atoms with Gasteiger partial charge in [-0.1, -0.05) is 13.3 Å². The third-order valence-corrected chi connectivity index (χ3v) is 4.52. The molecule has 2 rings (SSSR count). The van der Waals surface area contributed by atoms with Crippen molar-refractivity contribution in [3.8, 4) is 0 Å². The summed E-state index contributed by atoms with van der Waals surface area (Å²) < 4.78 is 0. The molecule has 1 saturated heterocycles. The third-order valence-electron chi connectivity index (χ3n) is 3.63. The monoisotopic (exact) mass is 354 g/mol. The molecule has 24 heavy (non-hydrogen) atoms. The number of anilines is 1. The molecular formula is C16H22N2O5S-2. The van der Waals surface area contributed by atoms with Crippen molar-refractivity contribution in [2.24, 2.45) is 0 Å². The minimum absolute atomic E-state index is 0.231. The molecule has 2 heterocycles. The van der Waals surface area contributed by atoms with Crippen LogP contribution in [0, 0.1) is 0 Å². The Hall–Kier alpha value is -1.93. The Morgan fingerprint density at radius 3 is 2.25 bits per heavy atom. The Labute approximate surface area is 145 Å². The number of hydrogen-bond donors (Lipinski definition) is 0. The normalized spacial score (nSPS) is 14.4. The number of rotatable bonds is 5. The van der Waals surface area contributed by atoms with E-state index in [-0.39, 0.29) is 5.91 Å². The van der Waals surface area contributed by atoms with Crippen LogP contribution in [0.3, 0.4) is 0 Å². The molecule has 0 atom stereocenters. The lowest BCUT2D eigenvalue weighted by atomic mass is 10.1. The molecule has 0 aliphatic carbocycles. The van der Waals surface area contributed by atoms with Crippen molar-refractivity contribution in [1.82, 2.24) is 4.90 Å². The standard InChI is InChI=1S/C14H22N2OS.C2H2O4/c1-2-13(17)16(14-7-6-12-18-14)11-10-15-8-4-3-5-9-15;3-1(4)2(5)6/h6-7,12H,2-5,8-11H2,1H3;(H,3,4)(H,5,6)/p-2. The second-order valence-corrected chi connectivity index (χ2v) is 6.25. The Balaban J connectivity index is 0.000000413. The van der Waals surface area contributed by atoms with E-state index in [4.69, 9.17) is 19.8 Å². The molecule has 0 N–H and O–H groups in total. The van der Waals surface area contributed by atoms with E-state index in [9.17, 15) is 4.79 Å². The highest BCUT2D eigenvalue weighted by molar-refractivity contribution is 7.14. The van der Waals surface area contributed by atoms with Gasteiger partial charge in [-0.25, -0.2) is 0 Å². The fourth-order valence-electron chi connectivity index (χ4n) is 2.40. The van der Waals surface area contributed by atoms with E-state index in [1.54, 1.807) is 11.3 Å². The second kappa shape index (κ2) is 10.8. The molecular weight excluding hydrogens is 332 g/mol. The summed E-state index contributed by atoms with van der Waals surface area (Å²) in [7, 11) is 0. The van der Waals surface area contributed by atoms with E-state index < -0.39 is 11.9 Å². The van der Waals surface area contributed by atoms with Gasteiger partial charge in [0.2, 0.25) is 5.91 Å². The van der Waals surface area contributed by atoms with Crippen molar-refractivity contribution in [2.75, 3.05) is 31.1 Å². The lowest BCUT2D eigenvalue weighted by Gasteiger charge is -2.29. The number of hydrogen-bond acceptors (Lipinski definition) is 7. The van der Waals surface area contributed by atoms with Crippen molar-refractivity contribution in [3.63, 3.8) is 0 Å². The van der Waals surface area contributed by atoms with E-state index in [1.165, 1.54) is 32.4 Å². The van der Waals surface area contributed by atoms with Crippen molar-refractivity contribution in [1.29, 1.82) is 0 Å². The molecule has 1 amide bonds. The van der Waals surface area contributed by atoms with Crippen LogP contribution in [-0.4, -0.2) is 48.9 Å². The van der Waals surface area contributed by atoms with Crippen LogP contribution in [0.15, 0.2) is 17.5 Å². The number of carboxylic acid groups (broad SMARTS) is 2. The molecule has 0 radical (unpaired) electrons. The van der Waals surface area contributed by atoms with Crippen LogP contribution in [0.4, 0.5) is 5.00 Å². The van der Waals surface area contributed by atoms with Gasteiger partial charge in [0.05, 0.1) is 16.9 Å². The summed E-state index contributed by atoms with van der Waals surface area (Å²) in [5, 5.41) is 21.0. The summed E-state index contributed by atoms with van der Waals surface area (Å²) in [5.74, 6) is -4.14. The van der Waals surface area contributed by atoms with Crippen LogP contribution in [0.25, 0.3) is 0 Å². The van der Waals surface area contributed by atoms with Crippen molar-refractivity contribution >= 4 is 34.2 Å². The number of piperidine rings is 1. The van der Waals surface area contributed by atoms with Gasteiger partial charge >= 0.3 is 0 Å². The molecule has 0 saturated carbocycles. The maximum atomic E-state index is 12.0. The van der Waals surface area contributed by atoms with Gasteiger partial charge in [-0.15, -0.1) is 11.3 Å². The van der Waals surface area contributed by atoms with Gasteiger partial charge in [0, 0.05) is 19.5 Å². The van der Waals surface area contributed by atoms with Crippen molar-refractivity contribution < 1.29 is 24.6 Å². The number of carbonyl (C=O) groups excluding carboxylic acids is 3. The summed E-state index contributed by atoms with van der Waals surface area (Å²) in [6.45, 7) is 6.15. The molecule has 1 aromatic rings. The Morgan fingerprint density at radius 1 is 1.17 bits per heavy atom. The largest absolute Gasteiger partial charge is 0.543 e. The van der Waals surface area contributed by atoms with E-state index in [0.717, 1.165) is 18.1 Å². The van der Waals surface area contributed by atoms with E-state index in [1.807, 2.05) is 29.3 Å². The first-order chi connectivity index (χ1) is 11.5. The molecule has 1 aromatic heterocycles. The van der Waals surface area contributed by atoms with Gasteiger partial charge in [-0.2, -0.15) is 0 Å². The first-order valence-corrected chi connectivity index (χ1v) is 8.82. The number of thiophene rings is 1. The Morgan fingerprint density at radius 2 is 1.79 bits per heavy atom. The summed E-state index contributed by atoms with van der Waals surface area (Å²) in [6, 6.07) is 4.05. The predicted molar refractivity (Wildman–Crippen MR) is 87.3 cm³/mol. The smallest absolute Gasteiger partial charge is 0.227 e. The van der Waals surface area contributed by atoms with E-state index in [2.05, 4.69) is 4.90 Å². The highest BCUT2D eigenvalue weighted by Crippen LogP contribution is 2.22. The maximum Gasteiger partial charge on any atom is 0.227 e. The van der Waals surface area contributed by atoms with E-state index in [0.29, 0.717) is 6.42 Å². The number of aliphatic carboxylic acids is 2. The molecule has 134 valence electrons. The predicted octanol–water partition coefficient (Wildman–Crippen LogP) is -0.537. The number of carbonyl (C=O) groups is 3. The van der Waals surface area contributed by atoms with Gasteiger partial charge in [0.1, 0.15) is 0 Å². The number of nitrogens with zero attached hydrogens (tertiary/aromatic N) is 2. The second-order valence-electron chi connectivity index (χ2n) is 5.33. The van der Waals surface area contributed by atoms with Crippen LogP contribution in [0.2, 0.25) is 0 Å². The zero-order chi connectivity index (χ0) is 17.9. The van der Waals surface area contributed by atoms with Crippen LogP contribution < -0.4 is 15.1 Å². The zero-order valence-corrected chi connectivity index (χ0v) is 14.5. The van der Waals surface area contributed by atoms with E-state index >= 15 is 0 Å². The molecule has 7 nitrogen and oxygen atoms in total.